The van der Waals surface area contributed by atoms with Crippen molar-refractivity contribution in [3.63, 3.8) is 0 Å². The Bertz CT molecular complexity index is 658. The summed E-state index contributed by atoms with van der Waals surface area (Å²) >= 11 is 0. The summed E-state index contributed by atoms with van der Waals surface area (Å²) in [6.45, 7) is 0.270. The van der Waals surface area contributed by atoms with E-state index in [-0.39, 0.29) is 18.9 Å². The molecule has 1 unspecified atom stereocenters. The van der Waals surface area contributed by atoms with Crippen molar-refractivity contribution >= 4 is 11.9 Å². The van der Waals surface area contributed by atoms with E-state index in [1.165, 1.54) is 5.06 Å². The molecule has 0 spiro atoms. The van der Waals surface area contributed by atoms with Gasteiger partial charge in [0.25, 0.3) is 0 Å². The zero-order valence-corrected chi connectivity index (χ0v) is 11.9. The summed E-state index contributed by atoms with van der Waals surface area (Å²) in [5.41, 5.74) is 1.83. The lowest BCUT2D eigenvalue weighted by molar-refractivity contribution is -0.170. The Hall–Kier alpha value is -2.66. The van der Waals surface area contributed by atoms with Crippen molar-refractivity contribution in [3.05, 3.63) is 71.8 Å². The molecule has 0 saturated carbocycles. The topological polar surface area (TPSA) is 58.6 Å². The van der Waals surface area contributed by atoms with Crippen LogP contribution in [0.1, 0.15) is 23.6 Å². The number of carbonyl (C=O) groups excluding carboxylic acids is 2. The number of carbonyl (C=O) groups is 2. The molecule has 2 aromatic rings. The molecule has 0 bridgehead atoms. The molecule has 1 aliphatic rings. The predicted molar refractivity (Wildman–Crippen MR) is 80.4 cm³/mol. The Balaban J connectivity index is 1.79. The summed E-state index contributed by atoms with van der Waals surface area (Å²) in [4.78, 5) is 29.4. The number of benzene rings is 2. The van der Waals surface area contributed by atoms with Gasteiger partial charge in [0.05, 0.1) is 12.5 Å². The van der Waals surface area contributed by atoms with E-state index in [4.69, 9.17) is 4.84 Å². The van der Waals surface area contributed by atoms with Gasteiger partial charge < -0.3 is 0 Å². The second kappa shape index (κ2) is 6.41. The molecule has 22 heavy (non-hydrogen) atoms. The van der Waals surface area contributed by atoms with Crippen LogP contribution in [0.3, 0.4) is 0 Å². The maximum absolute atomic E-state index is 12.1. The number of rotatable bonds is 4. The average Bonchev–Trinajstić information content (AvgIpc) is 2.55. The van der Waals surface area contributed by atoms with Crippen LogP contribution in [0.2, 0.25) is 0 Å². The van der Waals surface area contributed by atoms with Crippen LogP contribution in [0.15, 0.2) is 60.7 Å². The molecule has 112 valence electrons. The van der Waals surface area contributed by atoms with Crippen molar-refractivity contribution in [3.8, 4) is 0 Å². The zero-order chi connectivity index (χ0) is 15.4. The smallest absolute Gasteiger partial charge is 0.276 e. The molecule has 0 radical (unpaired) electrons. The van der Waals surface area contributed by atoms with Crippen LogP contribution < -0.4 is 5.32 Å². The van der Waals surface area contributed by atoms with Gasteiger partial charge in [0.2, 0.25) is 5.91 Å². The Labute approximate surface area is 128 Å². The minimum absolute atomic E-state index is 0.185. The summed E-state index contributed by atoms with van der Waals surface area (Å²) in [5, 5.41) is 3.54. The van der Waals surface area contributed by atoms with E-state index in [0.29, 0.717) is 0 Å². The first-order chi connectivity index (χ1) is 10.7. The molecule has 5 nitrogen and oxygen atoms in total. The number of imide groups is 1. The van der Waals surface area contributed by atoms with E-state index >= 15 is 0 Å². The third-order valence-electron chi connectivity index (χ3n) is 3.51. The van der Waals surface area contributed by atoms with Gasteiger partial charge in [-0.05, 0) is 11.1 Å². The van der Waals surface area contributed by atoms with E-state index in [2.05, 4.69) is 5.32 Å². The average molecular weight is 296 g/mol. The second-order valence-electron chi connectivity index (χ2n) is 5.07. The number of nitrogens with one attached hydrogen (secondary N) is 1. The lowest BCUT2D eigenvalue weighted by atomic mass is 10.0. The van der Waals surface area contributed by atoms with Gasteiger partial charge in [-0.3, -0.25) is 14.9 Å². The fourth-order valence-electron chi connectivity index (χ4n) is 2.42. The highest BCUT2D eigenvalue weighted by Crippen LogP contribution is 2.28. The lowest BCUT2D eigenvalue weighted by Crippen LogP contribution is -2.50. The Morgan fingerprint density at radius 1 is 1.00 bits per heavy atom. The molecular formula is C17H16N2O3. The van der Waals surface area contributed by atoms with E-state index in [9.17, 15) is 9.59 Å². The molecule has 3 amide bonds. The van der Waals surface area contributed by atoms with Gasteiger partial charge in [0.15, 0.2) is 0 Å². The Kier molecular flexibility index (Phi) is 4.16. The fourth-order valence-corrected chi connectivity index (χ4v) is 2.42. The van der Waals surface area contributed by atoms with Gasteiger partial charge in [-0.25, -0.2) is 4.79 Å². The van der Waals surface area contributed by atoms with Crippen LogP contribution in [0.5, 0.6) is 0 Å². The minimum atomic E-state index is -0.527. The number of hydrogen-bond donors (Lipinski definition) is 1. The highest BCUT2D eigenvalue weighted by Gasteiger charge is 2.34. The van der Waals surface area contributed by atoms with Crippen molar-refractivity contribution in [2.45, 2.75) is 19.1 Å². The molecule has 1 N–H and O–H groups in total. The van der Waals surface area contributed by atoms with Gasteiger partial charge in [0, 0.05) is 0 Å². The van der Waals surface area contributed by atoms with Crippen LogP contribution in [0.25, 0.3) is 0 Å². The van der Waals surface area contributed by atoms with E-state index < -0.39 is 12.1 Å². The lowest BCUT2D eigenvalue weighted by Gasteiger charge is -2.34. The Morgan fingerprint density at radius 3 is 2.32 bits per heavy atom. The van der Waals surface area contributed by atoms with Gasteiger partial charge in [0.1, 0.15) is 6.61 Å². The zero-order valence-electron chi connectivity index (χ0n) is 11.9. The largest absolute Gasteiger partial charge is 0.348 e. The summed E-state index contributed by atoms with van der Waals surface area (Å²) in [5.74, 6) is -0.293. The first kappa shape index (κ1) is 14.3. The summed E-state index contributed by atoms with van der Waals surface area (Å²) in [7, 11) is 0. The molecule has 1 aliphatic heterocycles. The first-order valence-corrected chi connectivity index (χ1v) is 7.09. The molecular weight excluding hydrogens is 280 g/mol. The third kappa shape index (κ3) is 3.15. The van der Waals surface area contributed by atoms with E-state index in [1.54, 1.807) is 0 Å². The standard InChI is InChI=1S/C17H16N2O3/c20-16-11-15(14-9-5-2-6-10-14)19(17(21)18-16)22-12-13-7-3-1-4-8-13/h1-10,15H,11-12H2,(H,18,20,21). The summed E-state index contributed by atoms with van der Waals surface area (Å²) in [6, 6.07) is 18.1. The van der Waals surface area contributed by atoms with Crippen LogP contribution in [0.4, 0.5) is 4.79 Å². The normalized spacial score (nSPS) is 18.2. The van der Waals surface area contributed by atoms with Crippen molar-refractivity contribution in [1.29, 1.82) is 0 Å². The molecule has 2 aromatic carbocycles. The third-order valence-corrected chi connectivity index (χ3v) is 3.51. The molecule has 5 heteroatoms. The molecule has 1 saturated heterocycles. The summed E-state index contributed by atoms with van der Waals surface area (Å²) < 4.78 is 0. The van der Waals surface area contributed by atoms with Gasteiger partial charge in [-0.15, -0.1) is 0 Å². The van der Waals surface area contributed by atoms with Crippen LogP contribution >= 0.6 is 0 Å². The van der Waals surface area contributed by atoms with Crippen LogP contribution in [-0.2, 0) is 16.2 Å². The van der Waals surface area contributed by atoms with Gasteiger partial charge in [-0.1, -0.05) is 60.7 Å². The highest BCUT2D eigenvalue weighted by molar-refractivity contribution is 5.96. The molecule has 0 aromatic heterocycles. The van der Waals surface area contributed by atoms with E-state index in [1.807, 2.05) is 60.7 Å². The number of urea groups is 1. The highest BCUT2D eigenvalue weighted by atomic mass is 16.7. The maximum Gasteiger partial charge on any atom is 0.348 e. The SMILES string of the molecule is O=C1CC(c2ccccc2)N(OCc2ccccc2)C(=O)N1. The second-order valence-corrected chi connectivity index (χ2v) is 5.07. The van der Waals surface area contributed by atoms with Crippen molar-refractivity contribution < 1.29 is 14.4 Å². The van der Waals surface area contributed by atoms with Crippen molar-refractivity contribution in [2.24, 2.45) is 0 Å². The predicted octanol–water partition coefficient (Wildman–Crippen LogP) is 2.80. The number of amides is 3. The first-order valence-electron chi connectivity index (χ1n) is 7.09. The molecule has 1 heterocycles. The minimum Gasteiger partial charge on any atom is -0.276 e. The quantitative estimate of drug-likeness (QED) is 0.944. The fraction of sp³-hybridized carbons (Fsp3) is 0.176. The maximum atomic E-state index is 12.1. The monoisotopic (exact) mass is 296 g/mol. The van der Waals surface area contributed by atoms with Crippen LogP contribution in [-0.4, -0.2) is 17.0 Å². The number of nitrogens with zero attached hydrogens (tertiary/aromatic N) is 1. The van der Waals surface area contributed by atoms with E-state index in [0.717, 1.165) is 11.1 Å². The molecule has 3 rings (SSSR count). The van der Waals surface area contributed by atoms with Crippen LogP contribution in [0, 0.1) is 0 Å². The molecule has 0 aliphatic carbocycles. The summed E-state index contributed by atoms with van der Waals surface area (Å²) in [6.07, 6.45) is 0.185. The van der Waals surface area contributed by atoms with Crippen molar-refractivity contribution in [1.82, 2.24) is 10.4 Å². The molecule has 1 fully saturated rings. The van der Waals surface area contributed by atoms with Gasteiger partial charge >= 0.3 is 6.03 Å². The number of hydrogen-bond acceptors (Lipinski definition) is 3. The van der Waals surface area contributed by atoms with Crippen molar-refractivity contribution in [2.75, 3.05) is 0 Å². The van der Waals surface area contributed by atoms with Gasteiger partial charge in [-0.2, -0.15) is 5.06 Å². The molecule has 1 atom stereocenters. The number of hydroxylamine groups is 2. The Morgan fingerprint density at radius 2 is 1.64 bits per heavy atom.